The Morgan fingerprint density at radius 3 is 2.79 bits per heavy atom. The van der Waals surface area contributed by atoms with E-state index in [-0.39, 0.29) is 5.75 Å². The Morgan fingerprint density at radius 2 is 2.04 bits per heavy atom. The second-order valence-electron chi connectivity index (χ2n) is 5.77. The van der Waals surface area contributed by atoms with Crippen LogP contribution in [-0.2, 0) is 4.79 Å². The van der Waals surface area contributed by atoms with E-state index in [2.05, 4.69) is 50.4 Å². The Hall–Kier alpha value is -1.86. The molecule has 0 saturated heterocycles. The van der Waals surface area contributed by atoms with Gasteiger partial charge in [0.1, 0.15) is 0 Å². The van der Waals surface area contributed by atoms with Crippen molar-refractivity contribution in [2.45, 2.75) is 23.9 Å². The summed E-state index contributed by atoms with van der Waals surface area (Å²) in [5.74, 6) is -0.364. The zero-order valence-electron chi connectivity index (χ0n) is 12.6. The molecule has 1 fully saturated rings. The molecule has 0 bridgehead atoms. The maximum absolute atomic E-state index is 10.9. The maximum atomic E-state index is 10.9. The molecule has 0 atom stereocenters. The van der Waals surface area contributed by atoms with E-state index in [0.717, 1.165) is 16.5 Å². The molecule has 1 heterocycles. The number of halogens is 1. The molecule has 1 aliphatic carbocycles. The number of carboxylic acids is 1. The molecule has 122 valence electrons. The predicted octanol–water partition coefficient (Wildman–Crippen LogP) is 4.24. The van der Waals surface area contributed by atoms with Gasteiger partial charge in [-0.25, -0.2) is 0 Å². The van der Waals surface area contributed by atoms with Crippen molar-refractivity contribution in [2.75, 3.05) is 5.75 Å². The van der Waals surface area contributed by atoms with Gasteiger partial charge in [0.25, 0.3) is 0 Å². The quantitative estimate of drug-likeness (QED) is 0.645. The summed E-state index contributed by atoms with van der Waals surface area (Å²) in [7, 11) is 0. The van der Waals surface area contributed by atoms with E-state index < -0.39 is 5.97 Å². The standard InChI is InChI=1S/C17H14BrN3O2S/c18-16-19-20-17(24-9-14(22)23)21(16)15-12-4-2-1-3-10(12)7-8-13(15)11-5-6-11/h1-4,7-8,11H,5-6,9H2,(H,22,23). The summed E-state index contributed by atoms with van der Waals surface area (Å²) >= 11 is 4.66. The van der Waals surface area contributed by atoms with Crippen LogP contribution >= 0.6 is 27.7 Å². The lowest BCUT2D eigenvalue weighted by atomic mass is 10.0. The average Bonchev–Trinajstić information content (AvgIpc) is 3.36. The fourth-order valence-corrected chi connectivity index (χ4v) is 4.11. The van der Waals surface area contributed by atoms with Crippen LogP contribution in [0.3, 0.4) is 0 Å². The molecule has 0 radical (unpaired) electrons. The maximum Gasteiger partial charge on any atom is 0.313 e. The van der Waals surface area contributed by atoms with Crippen LogP contribution in [0.1, 0.15) is 24.3 Å². The number of benzene rings is 2. The van der Waals surface area contributed by atoms with E-state index in [1.807, 2.05) is 16.7 Å². The van der Waals surface area contributed by atoms with E-state index >= 15 is 0 Å². The first kappa shape index (κ1) is 15.7. The number of carboxylic acid groups (broad SMARTS) is 1. The van der Waals surface area contributed by atoms with Crippen LogP contribution < -0.4 is 0 Å². The van der Waals surface area contributed by atoms with Crippen LogP contribution in [0.15, 0.2) is 46.3 Å². The molecular weight excluding hydrogens is 390 g/mol. The highest BCUT2D eigenvalue weighted by atomic mass is 79.9. The van der Waals surface area contributed by atoms with Gasteiger partial charge < -0.3 is 5.11 Å². The Kier molecular flexibility index (Phi) is 4.05. The largest absolute Gasteiger partial charge is 0.481 e. The minimum absolute atomic E-state index is 0.0470. The molecule has 0 aliphatic heterocycles. The highest BCUT2D eigenvalue weighted by Gasteiger charge is 2.29. The lowest BCUT2D eigenvalue weighted by Crippen LogP contribution is -2.05. The average molecular weight is 404 g/mol. The number of hydrogen-bond acceptors (Lipinski definition) is 4. The highest BCUT2D eigenvalue weighted by Crippen LogP contribution is 2.45. The van der Waals surface area contributed by atoms with Gasteiger partial charge >= 0.3 is 5.97 Å². The molecule has 0 amide bonds. The third kappa shape index (κ3) is 2.82. The monoisotopic (exact) mass is 403 g/mol. The zero-order chi connectivity index (χ0) is 16.7. The SMILES string of the molecule is O=C(O)CSc1nnc(Br)n1-c1c(C2CC2)ccc2ccccc12. The van der Waals surface area contributed by atoms with Gasteiger partial charge in [0.2, 0.25) is 4.73 Å². The molecule has 1 aromatic heterocycles. The minimum atomic E-state index is -0.869. The van der Waals surface area contributed by atoms with E-state index in [1.165, 1.54) is 30.2 Å². The first-order valence-corrected chi connectivity index (χ1v) is 9.40. The topological polar surface area (TPSA) is 68.0 Å². The molecular formula is C17H14BrN3O2S. The lowest BCUT2D eigenvalue weighted by Gasteiger charge is -2.16. The predicted molar refractivity (Wildman–Crippen MR) is 96.9 cm³/mol. The summed E-state index contributed by atoms with van der Waals surface area (Å²) in [4.78, 5) is 10.9. The number of rotatable bonds is 5. The van der Waals surface area contributed by atoms with E-state index in [4.69, 9.17) is 5.11 Å². The molecule has 24 heavy (non-hydrogen) atoms. The van der Waals surface area contributed by atoms with Crippen LogP contribution in [0.2, 0.25) is 0 Å². The molecule has 2 aromatic carbocycles. The number of carbonyl (C=O) groups is 1. The van der Waals surface area contributed by atoms with Gasteiger partial charge in [-0.2, -0.15) is 0 Å². The number of aromatic nitrogens is 3. The van der Waals surface area contributed by atoms with Crippen molar-refractivity contribution >= 4 is 44.4 Å². The van der Waals surface area contributed by atoms with Crippen molar-refractivity contribution in [3.8, 4) is 5.69 Å². The van der Waals surface area contributed by atoms with Gasteiger partial charge in [-0.15, -0.1) is 10.2 Å². The second-order valence-corrected chi connectivity index (χ2v) is 7.42. The molecule has 1 aliphatic rings. The fourth-order valence-electron chi connectivity index (χ4n) is 2.91. The van der Waals surface area contributed by atoms with Crippen LogP contribution in [0.25, 0.3) is 16.5 Å². The fraction of sp³-hybridized carbons (Fsp3) is 0.235. The van der Waals surface area contributed by atoms with E-state index in [1.54, 1.807) is 0 Å². The van der Waals surface area contributed by atoms with E-state index in [0.29, 0.717) is 15.8 Å². The smallest absolute Gasteiger partial charge is 0.313 e. The first-order valence-electron chi connectivity index (χ1n) is 7.62. The molecule has 0 unspecified atom stereocenters. The van der Waals surface area contributed by atoms with Crippen LogP contribution in [0.5, 0.6) is 0 Å². The Labute approximate surface area is 151 Å². The van der Waals surface area contributed by atoms with Gasteiger partial charge in [0.05, 0.1) is 11.4 Å². The first-order chi connectivity index (χ1) is 11.6. The van der Waals surface area contributed by atoms with Gasteiger partial charge in [0.15, 0.2) is 5.16 Å². The van der Waals surface area contributed by atoms with Crippen LogP contribution in [0.4, 0.5) is 0 Å². The second kappa shape index (κ2) is 6.22. The summed E-state index contributed by atoms with van der Waals surface area (Å²) in [6.07, 6.45) is 2.37. The van der Waals surface area contributed by atoms with Crippen molar-refractivity contribution in [3.05, 3.63) is 46.7 Å². The van der Waals surface area contributed by atoms with Crippen molar-refractivity contribution in [1.82, 2.24) is 14.8 Å². The summed E-state index contributed by atoms with van der Waals surface area (Å²) in [5.41, 5.74) is 2.33. The normalized spacial score (nSPS) is 14.2. The summed E-state index contributed by atoms with van der Waals surface area (Å²) in [5, 5.41) is 20.1. The zero-order valence-corrected chi connectivity index (χ0v) is 15.0. The van der Waals surface area contributed by atoms with Crippen LogP contribution in [-0.4, -0.2) is 31.6 Å². The highest BCUT2D eigenvalue weighted by molar-refractivity contribution is 9.10. The molecule has 3 aromatic rings. The van der Waals surface area contributed by atoms with Gasteiger partial charge in [0, 0.05) is 5.39 Å². The molecule has 1 saturated carbocycles. The molecule has 0 spiro atoms. The number of thioether (sulfide) groups is 1. The summed E-state index contributed by atoms with van der Waals surface area (Å²) in [6.45, 7) is 0. The molecule has 7 heteroatoms. The number of fused-ring (bicyclic) bond motifs is 1. The van der Waals surface area contributed by atoms with Gasteiger partial charge in [-0.3, -0.25) is 9.36 Å². The van der Waals surface area contributed by atoms with Crippen molar-refractivity contribution < 1.29 is 9.90 Å². The van der Waals surface area contributed by atoms with Crippen molar-refractivity contribution in [3.63, 3.8) is 0 Å². The number of aliphatic carboxylic acids is 1. The van der Waals surface area contributed by atoms with E-state index in [9.17, 15) is 4.79 Å². The Bertz CT molecular complexity index is 937. The van der Waals surface area contributed by atoms with Crippen LogP contribution in [0, 0.1) is 0 Å². The Balaban J connectivity index is 1.94. The van der Waals surface area contributed by atoms with Crippen molar-refractivity contribution in [2.24, 2.45) is 0 Å². The Morgan fingerprint density at radius 1 is 1.25 bits per heavy atom. The molecule has 1 N–H and O–H groups in total. The van der Waals surface area contributed by atoms with Gasteiger partial charge in [-0.1, -0.05) is 48.2 Å². The van der Waals surface area contributed by atoms with Gasteiger partial charge in [-0.05, 0) is 45.6 Å². The molecule has 4 rings (SSSR count). The third-order valence-corrected chi connectivity index (χ3v) is 5.52. The third-order valence-electron chi connectivity index (χ3n) is 4.09. The lowest BCUT2D eigenvalue weighted by molar-refractivity contribution is -0.133. The summed E-state index contributed by atoms with van der Waals surface area (Å²) < 4.78 is 2.53. The molecule has 5 nitrogen and oxygen atoms in total. The number of hydrogen-bond donors (Lipinski definition) is 1. The minimum Gasteiger partial charge on any atom is -0.481 e. The number of nitrogens with zero attached hydrogens (tertiary/aromatic N) is 3. The van der Waals surface area contributed by atoms with Crippen molar-refractivity contribution in [1.29, 1.82) is 0 Å². The summed E-state index contributed by atoms with van der Waals surface area (Å²) in [6, 6.07) is 12.5.